The van der Waals surface area contributed by atoms with Crippen molar-refractivity contribution in [2.75, 3.05) is 0 Å². The van der Waals surface area contributed by atoms with Gasteiger partial charge in [-0.2, -0.15) is 17.7 Å². The van der Waals surface area contributed by atoms with Crippen LogP contribution in [0.5, 0.6) is 5.75 Å². The Labute approximate surface area is 167 Å². The van der Waals surface area contributed by atoms with E-state index in [1.54, 1.807) is 0 Å². The van der Waals surface area contributed by atoms with E-state index in [1.165, 1.54) is 16.7 Å². The Hall–Kier alpha value is -0.514. The number of ether oxygens (including phenoxy) is 1. The normalized spacial score (nSPS) is 10.7. The third-order valence-electron chi connectivity index (χ3n) is 3.65. The Bertz CT molecular complexity index is 588. The van der Waals surface area contributed by atoms with E-state index in [2.05, 4.69) is 65.0 Å². The van der Waals surface area contributed by atoms with Gasteiger partial charge in [-0.1, -0.05) is 76.3 Å². The molecule has 0 N–H and O–H groups in total. The predicted octanol–water partition coefficient (Wildman–Crippen LogP) is 2.11. The number of hydrogen-bond donors (Lipinski definition) is 0. The quantitative estimate of drug-likeness (QED) is 0.579. The Morgan fingerprint density at radius 3 is 2.22 bits per heavy atom. The Kier molecular flexibility index (Phi) is 9.49. The van der Waals surface area contributed by atoms with Crippen molar-refractivity contribution in [3.8, 4) is 5.75 Å². The van der Waals surface area contributed by atoms with Crippen LogP contribution in [0.15, 0.2) is 42.5 Å². The summed E-state index contributed by atoms with van der Waals surface area (Å²) in [6, 6.07) is 17.9. The molecule has 0 radical (unpaired) electrons. The number of rotatable bonds is 4. The Morgan fingerprint density at radius 1 is 1.09 bits per heavy atom. The average Bonchev–Trinajstić information content (AvgIpc) is 2.45. The molecule has 0 fully saturated rings. The third kappa shape index (κ3) is 6.48. The maximum Gasteiger partial charge on any atom is 2.00 e. The van der Waals surface area contributed by atoms with Crippen molar-refractivity contribution in [3.05, 3.63) is 65.2 Å². The first kappa shape index (κ1) is 22.5. The van der Waals surface area contributed by atoms with Crippen molar-refractivity contribution >= 4 is 23.1 Å². The van der Waals surface area contributed by atoms with Gasteiger partial charge in [0.05, 0.1) is 0 Å². The maximum absolute atomic E-state index is 6.00. The zero-order valence-corrected chi connectivity index (χ0v) is 17.8. The fraction of sp³-hybridized carbons (Fsp3) is 0.400. The summed E-state index contributed by atoms with van der Waals surface area (Å²) in [5.41, 5.74) is 3.86. The van der Waals surface area contributed by atoms with Crippen LogP contribution < -0.4 is 21.7 Å². The molecule has 0 saturated carbocycles. The van der Waals surface area contributed by atoms with Crippen LogP contribution in [0.3, 0.4) is 0 Å². The summed E-state index contributed by atoms with van der Waals surface area (Å²) in [5, 5.41) is 0. The number of halogens is 1. The van der Waals surface area contributed by atoms with E-state index in [-0.39, 0.29) is 45.4 Å². The molecule has 2 rings (SSSR count). The molecule has 23 heavy (non-hydrogen) atoms. The van der Waals surface area contributed by atoms with Crippen molar-refractivity contribution in [1.82, 2.24) is 0 Å². The van der Waals surface area contributed by atoms with Gasteiger partial charge in [-0.15, -0.1) is 11.6 Å². The summed E-state index contributed by atoms with van der Waals surface area (Å²) in [6.45, 7) is 11.7. The molecule has 0 amide bonds. The van der Waals surface area contributed by atoms with Gasteiger partial charge >= 0.3 is 23.1 Å². The van der Waals surface area contributed by atoms with Gasteiger partial charge in [-0.25, -0.2) is 0 Å². The fourth-order valence-electron chi connectivity index (χ4n) is 2.22. The van der Waals surface area contributed by atoms with Gasteiger partial charge in [0.1, 0.15) is 6.61 Å². The Morgan fingerprint density at radius 2 is 1.70 bits per heavy atom. The van der Waals surface area contributed by atoms with Gasteiger partial charge in [0.2, 0.25) is 0 Å². The zero-order valence-electron chi connectivity index (χ0n) is 14.8. The molecule has 0 aliphatic heterocycles. The second-order valence-corrected chi connectivity index (χ2v) is 6.85. The van der Waals surface area contributed by atoms with Crippen molar-refractivity contribution in [2.45, 2.75) is 52.6 Å². The summed E-state index contributed by atoms with van der Waals surface area (Å²) in [5.74, 6) is 1.30. The molecule has 3 heteroatoms. The molecule has 2 aromatic carbocycles. The van der Waals surface area contributed by atoms with Crippen LogP contribution in [0.4, 0.5) is 0 Å². The molecule has 0 aromatic heterocycles. The minimum Gasteiger partial charge on any atom is -1.00 e. The van der Waals surface area contributed by atoms with Gasteiger partial charge in [0.15, 0.2) is 0 Å². The number of hydrogen-bond acceptors (Lipinski definition) is 1. The second-order valence-electron chi connectivity index (χ2n) is 6.85. The van der Waals surface area contributed by atoms with Gasteiger partial charge in [-0.05, 0) is 5.56 Å². The molecular formula is C20H25BrMgO. The monoisotopic (exact) mass is 384 g/mol. The standard InChI is InChI=1S/C20H25O.BrH.Mg/c1-15(2)18-13-17(20(3,4)5)11-12-19(18)21-14-16-9-7-6-8-10-16;;/h6-11,13,15H,14H2,1-5H3;1H;/q-1;;+2/p-1. The SMILES string of the molecule is CC(C)c1cc(C(C)(C)C)c[c-]c1OCc1ccccc1.[Br-].[Mg+2]. The molecule has 0 atom stereocenters. The van der Waals surface area contributed by atoms with Gasteiger partial charge in [0, 0.05) is 5.75 Å². The third-order valence-corrected chi connectivity index (χ3v) is 3.65. The first-order valence-electron chi connectivity index (χ1n) is 7.61. The van der Waals surface area contributed by atoms with Crippen molar-refractivity contribution in [3.63, 3.8) is 0 Å². The molecule has 0 unspecified atom stereocenters. The van der Waals surface area contributed by atoms with Crippen LogP contribution in [0, 0.1) is 6.07 Å². The molecule has 2 aromatic rings. The molecule has 0 aliphatic rings. The molecule has 0 saturated heterocycles. The van der Waals surface area contributed by atoms with Crippen LogP contribution in [-0.2, 0) is 12.0 Å². The van der Waals surface area contributed by atoms with Crippen molar-refractivity contribution < 1.29 is 21.7 Å². The zero-order chi connectivity index (χ0) is 15.5. The van der Waals surface area contributed by atoms with Gasteiger partial charge in [0.25, 0.3) is 0 Å². The molecule has 120 valence electrons. The van der Waals surface area contributed by atoms with E-state index in [0.717, 1.165) is 5.75 Å². The summed E-state index contributed by atoms with van der Waals surface area (Å²) >= 11 is 0. The first-order chi connectivity index (χ1) is 9.88. The van der Waals surface area contributed by atoms with Crippen LogP contribution in [0.25, 0.3) is 0 Å². The molecular weight excluding hydrogens is 360 g/mol. The van der Waals surface area contributed by atoms with Gasteiger partial charge < -0.3 is 21.7 Å². The molecule has 0 heterocycles. The van der Waals surface area contributed by atoms with E-state index in [4.69, 9.17) is 4.74 Å². The molecule has 0 spiro atoms. The summed E-state index contributed by atoms with van der Waals surface area (Å²) in [7, 11) is 0. The second kappa shape index (κ2) is 9.70. The fourth-order valence-corrected chi connectivity index (χ4v) is 2.22. The number of benzene rings is 2. The van der Waals surface area contributed by atoms with E-state index in [0.29, 0.717) is 12.5 Å². The van der Waals surface area contributed by atoms with Crippen molar-refractivity contribution in [2.24, 2.45) is 0 Å². The summed E-state index contributed by atoms with van der Waals surface area (Å²) < 4.78 is 6.00. The smallest absolute Gasteiger partial charge is 1.00 e. The maximum atomic E-state index is 6.00. The minimum atomic E-state index is 0. The van der Waals surface area contributed by atoms with Crippen LogP contribution in [0.2, 0.25) is 0 Å². The average molecular weight is 386 g/mol. The van der Waals surface area contributed by atoms with Crippen LogP contribution in [0.1, 0.15) is 57.2 Å². The van der Waals surface area contributed by atoms with Crippen LogP contribution >= 0.6 is 0 Å². The topological polar surface area (TPSA) is 9.23 Å². The van der Waals surface area contributed by atoms with E-state index < -0.39 is 0 Å². The van der Waals surface area contributed by atoms with E-state index >= 15 is 0 Å². The minimum absolute atomic E-state index is 0. The van der Waals surface area contributed by atoms with E-state index in [9.17, 15) is 0 Å². The molecule has 1 nitrogen and oxygen atoms in total. The predicted molar refractivity (Wildman–Crippen MR) is 94.6 cm³/mol. The molecule has 0 aliphatic carbocycles. The van der Waals surface area contributed by atoms with Crippen LogP contribution in [-0.4, -0.2) is 23.1 Å². The van der Waals surface area contributed by atoms with Crippen molar-refractivity contribution in [1.29, 1.82) is 0 Å². The Balaban J connectivity index is 0.00000242. The largest absolute Gasteiger partial charge is 2.00 e. The summed E-state index contributed by atoms with van der Waals surface area (Å²) in [4.78, 5) is 0. The van der Waals surface area contributed by atoms with Gasteiger partial charge in [-0.3, -0.25) is 0 Å². The first-order valence-corrected chi connectivity index (χ1v) is 7.61. The summed E-state index contributed by atoms with van der Waals surface area (Å²) in [6.07, 6.45) is 0. The van der Waals surface area contributed by atoms with E-state index in [1.807, 2.05) is 18.2 Å². The molecule has 0 bridgehead atoms.